The number of methoxy groups -OCH3 is 1. The highest BCUT2D eigenvalue weighted by Crippen LogP contribution is 2.09. The van der Waals surface area contributed by atoms with Crippen molar-refractivity contribution in [3.05, 3.63) is 35.4 Å². The van der Waals surface area contributed by atoms with E-state index < -0.39 is 12.0 Å². The van der Waals surface area contributed by atoms with Gasteiger partial charge in [-0.25, -0.2) is 0 Å². The molecular formula is C13H17NO4. The summed E-state index contributed by atoms with van der Waals surface area (Å²) in [7, 11) is 1.33. The minimum atomic E-state index is -0.872. The number of carbonyl (C=O) groups excluding carboxylic acids is 1. The summed E-state index contributed by atoms with van der Waals surface area (Å²) < 4.78 is 4.60. The standard InChI is InChI=1S/C13H17NO4/c1-9(13(17)18-2)14-8-11-6-4-3-5-10(11)7-12(15)16/h3-6,9,14H,7-8H2,1-2H3,(H,15,16). The minimum absolute atomic E-state index is 0.0234. The van der Waals surface area contributed by atoms with E-state index in [0.717, 1.165) is 11.1 Å². The molecule has 1 rings (SSSR count). The lowest BCUT2D eigenvalue weighted by atomic mass is 10.0. The number of carbonyl (C=O) groups is 2. The molecule has 5 nitrogen and oxygen atoms in total. The number of hydrogen-bond donors (Lipinski definition) is 2. The summed E-state index contributed by atoms with van der Waals surface area (Å²) in [5, 5.41) is 11.8. The molecule has 0 fully saturated rings. The van der Waals surface area contributed by atoms with Gasteiger partial charge in [-0.1, -0.05) is 24.3 Å². The molecule has 0 aliphatic rings. The lowest BCUT2D eigenvalue weighted by molar-refractivity contribution is -0.142. The lowest BCUT2D eigenvalue weighted by Gasteiger charge is -2.13. The number of benzene rings is 1. The molecule has 1 aromatic rings. The minimum Gasteiger partial charge on any atom is -0.481 e. The Morgan fingerprint density at radius 1 is 1.33 bits per heavy atom. The third-order valence-electron chi connectivity index (χ3n) is 2.61. The molecule has 0 radical (unpaired) electrons. The Morgan fingerprint density at radius 2 is 1.94 bits per heavy atom. The Balaban J connectivity index is 2.66. The lowest BCUT2D eigenvalue weighted by Crippen LogP contribution is -2.34. The summed E-state index contributed by atoms with van der Waals surface area (Å²) in [5.74, 6) is -1.21. The van der Waals surface area contributed by atoms with Gasteiger partial charge in [0.2, 0.25) is 0 Å². The molecule has 0 aliphatic carbocycles. The van der Waals surface area contributed by atoms with Gasteiger partial charge in [0.25, 0.3) is 0 Å². The highest BCUT2D eigenvalue weighted by molar-refractivity contribution is 5.75. The first-order valence-corrected chi connectivity index (χ1v) is 5.64. The van der Waals surface area contributed by atoms with Crippen molar-refractivity contribution in [2.45, 2.75) is 25.9 Å². The van der Waals surface area contributed by atoms with Crippen LogP contribution in [0.15, 0.2) is 24.3 Å². The Bertz CT molecular complexity index is 431. The van der Waals surface area contributed by atoms with Crippen LogP contribution in [0.2, 0.25) is 0 Å². The van der Waals surface area contributed by atoms with Gasteiger partial charge in [-0.15, -0.1) is 0 Å². The fourth-order valence-electron chi connectivity index (χ4n) is 1.59. The number of hydrogen-bond acceptors (Lipinski definition) is 4. The van der Waals surface area contributed by atoms with E-state index >= 15 is 0 Å². The third-order valence-corrected chi connectivity index (χ3v) is 2.61. The zero-order valence-electron chi connectivity index (χ0n) is 10.5. The number of rotatable bonds is 6. The first kappa shape index (κ1) is 14.2. The van der Waals surface area contributed by atoms with Crippen molar-refractivity contribution >= 4 is 11.9 Å². The topological polar surface area (TPSA) is 75.6 Å². The largest absolute Gasteiger partial charge is 0.481 e. The fourth-order valence-corrected chi connectivity index (χ4v) is 1.59. The van der Waals surface area contributed by atoms with E-state index in [1.807, 2.05) is 12.1 Å². The molecule has 0 spiro atoms. The highest BCUT2D eigenvalue weighted by atomic mass is 16.5. The maximum atomic E-state index is 11.2. The van der Waals surface area contributed by atoms with Crippen LogP contribution < -0.4 is 5.32 Å². The molecule has 98 valence electrons. The Labute approximate surface area is 106 Å². The molecule has 0 saturated heterocycles. The number of carboxylic acid groups (broad SMARTS) is 1. The zero-order valence-corrected chi connectivity index (χ0v) is 10.5. The summed E-state index contributed by atoms with van der Waals surface area (Å²) in [6.45, 7) is 2.13. The third kappa shape index (κ3) is 4.18. The van der Waals surface area contributed by atoms with Crippen molar-refractivity contribution in [3.8, 4) is 0 Å². The number of ether oxygens (including phenoxy) is 1. The van der Waals surface area contributed by atoms with Crippen molar-refractivity contribution in [2.24, 2.45) is 0 Å². The summed E-state index contributed by atoms with van der Waals surface area (Å²) in [4.78, 5) is 21.9. The quantitative estimate of drug-likeness (QED) is 0.737. The number of aliphatic carboxylic acids is 1. The fraction of sp³-hybridized carbons (Fsp3) is 0.385. The Morgan fingerprint density at radius 3 is 2.50 bits per heavy atom. The van der Waals surface area contributed by atoms with Crippen LogP contribution in [0.4, 0.5) is 0 Å². The van der Waals surface area contributed by atoms with Crippen LogP contribution in [0.3, 0.4) is 0 Å². The van der Waals surface area contributed by atoms with E-state index in [4.69, 9.17) is 5.11 Å². The van der Waals surface area contributed by atoms with E-state index in [0.29, 0.717) is 6.54 Å². The van der Waals surface area contributed by atoms with Gasteiger partial charge in [-0.3, -0.25) is 9.59 Å². The summed E-state index contributed by atoms with van der Waals surface area (Å²) >= 11 is 0. The van der Waals surface area contributed by atoms with Gasteiger partial charge in [0, 0.05) is 6.54 Å². The monoisotopic (exact) mass is 251 g/mol. The molecule has 0 aliphatic heterocycles. The van der Waals surface area contributed by atoms with Crippen LogP contribution in [0.1, 0.15) is 18.1 Å². The maximum absolute atomic E-state index is 11.2. The first-order chi connectivity index (χ1) is 8.54. The molecule has 0 amide bonds. The van der Waals surface area contributed by atoms with Crippen LogP contribution >= 0.6 is 0 Å². The molecule has 0 aromatic heterocycles. The summed E-state index contributed by atoms with van der Waals surface area (Å²) in [6, 6.07) is 6.83. The van der Waals surface area contributed by atoms with Crippen LogP contribution in [-0.4, -0.2) is 30.2 Å². The van der Waals surface area contributed by atoms with E-state index in [-0.39, 0.29) is 12.4 Å². The van der Waals surface area contributed by atoms with Crippen LogP contribution in [0.5, 0.6) is 0 Å². The van der Waals surface area contributed by atoms with Gasteiger partial charge in [0.15, 0.2) is 0 Å². The van der Waals surface area contributed by atoms with E-state index in [2.05, 4.69) is 10.1 Å². The highest BCUT2D eigenvalue weighted by Gasteiger charge is 2.13. The Hall–Kier alpha value is -1.88. The first-order valence-electron chi connectivity index (χ1n) is 5.64. The predicted molar refractivity (Wildman–Crippen MR) is 66.1 cm³/mol. The summed E-state index contributed by atoms with van der Waals surface area (Å²) in [6.07, 6.45) is -0.0234. The van der Waals surface area contributed by atoms with Crippen LogP contribution in [0, 0.1) is 0 Å². The predicted octanol–water partition coefficient (Wildman–Crippen LogP) is 0.965. The number of esters is 1. The van der Waals surface area contributed by atoms with Gasteiger partial charge in [-0.05, 0) is 18.1 Å². The molecule has 0 saturated carbocycles. The normalized spacial score (nSPS) is 11.9. The molecule has 1 aromatic carbocycles. The van der Waals surface area contributed by atoms with E-state index in [9.17, 15) is 9.59 Å². The SMILES string of the molecule is COC(=O)C(C)NCc1ccccc1CC(=O)O. The van der Waals surface area contributed by atoms with Crippen LogP contribution in [0.25, 0.3) is 0 Å². The Kier molecular flexibility index (Phi) is 5.32. The average Bonchev–Trinajstić information content (AvgIpc) is 2.35. The van der Waals surface area contributed by atoms with E-state index in [1.165, 1.54) is 7.11 Å². The molecule has 1 atom stereocenters. The van der Waals surface area contributed by atoms with Gasteiger partial charge in [0.1, 0.15) is 6.04 Å². The molecule has 1 unspecified atom stereocenters. The number of carboxylic acids is 1. The second-order valence-electron chi connectivity index (χ2n) is 3.96. The van der Waals surface area contributed by atoms with Gasteiger partial charge in [-0.2, -0.15) is 0 Å². The molecule has 0 heterocycles. The van der Waals surface area contributed by atoms with Gasteiger partial charge >= 0.3 is 11.9 Å². The van der Waals surface area contributed by atoms with Gasteiger partial charge in [0.05, 0.1) is 13.5 Å². The van der Waals surface area contributed by atoms with Crippen molar-refractivity contribution < 1.29 is 19.4 Å². The zero-order chi connectivity index (χ0) is 13.5. The molecular weight excluding hydrogens is 234 g/mol. The second kappa shape index (κ2) is 6.76. The molecule has 18 heavy (non-hydrogen) atoms. The maximum Gasteiger partial charge on any atom is 0.322 e. The van der Waals surface area contributed by atoms with Crippen molar-refractivity contribution in [2.75, 3.05) is 7.11 Å². The molecule has 2 N–H and O–H groups in total. The number of nitrogens with one attached hydrogen (secondary N) is 1. The molecule has 0 bridgehead atoms. The summed E-state index contributed by atoms with van der Waals surface area (Å²) in [5.41, 5.74) is 1.62. The van der Waals surface area contributed by atoms with Crippen molar-refractivity contribution in [1.29, 1.82) is 0 Å². The van der Waals surface area contributed by atoms with E-state index in [1.54, 1.807) is 19.1 Å². The van der Waals surface area contributed by atoms with Crippen LogP contribution in [-0.2, 0) is 27.3 Å². The van der Waals surface area contributed by atoms with Crippen molar-refractivity contribution in [3.63, 3.8) is 0 Å². The second-order valence-corrected chi connectivity index (χ2v) is 3.96. The smallest absolute Gasteiger partial charge is 0.322 e. The van der Waals surface area contributed by atoms with Gasteiger partial charge < -0.3 is 15.2 Å². The van der Waals surface area contributed by atoms with Crippen molar-refractivity contribution in [1.82, 2.24) is 5.32 Å². The molecule has 5 heteroatoms. The average molecular weight is 251 g/mol.